The number of ether oxygens (including phenoxy) is 3. The molecule has 6 heteroatoms. The van der Waals surface area contributed by atoms with Crippen LogP contribution in [0.25, 0.3) is 0 Å². The molecule has 1 aliphatic heterocycles. The van der Waals surface area contributed by atoms with Crippen LogP contribution in [0.5, 0.6) is 0 Å². The van der Waals surface area contributed by atoms with Gasteiger partial charge in [-0.05, 0) is 56.1 Å². The van der Waals surface area contributed by atoms with Crippen LogP contribution in [0.4, 0.5) is 0 Å². The monoisotopic (exact) mass is 403 g/mol. The van der Waals surface area contributed by atoms with Crippen LogP contribution in [0.2, 0.25) is 0 Å². The van der Waals surface area contributed by atoms with Gasteiger partial charge >= 0.3 is 0 Å². The second kappa shape index (κ2) is 12.8. The van der Waals surface area contributed by atoms with Crippen molar-refractivity contribution in [3.8, 4) is 0 Å². The van der Waals surface area contributed by atoms with Gasteiger partial charge in [-0.3, -0.25) is 0 Å². The SMILES string of the molecule is CCNC(=NCc1cccc(COC2CCOCC2)c1)NCCCOCC1CC1. The Morgan fingerprint density at radius 3 is 2.76 bits per heavy atom. The predicted molar refractivity (Wildman–Crippen MR) is 116 cm³/mol. The predicted octanol–water partition coefficient (Wildman–Crippen LogP) is 3.25. The van der Waals surface area contributed by atoms with Gasteiger partial charge in [0, 0.05) is 39.5 Å². The largest absolute Gasteiger partial charge is 0.381 e. The second-order valence-corrected chi connectivity index (χ2v) is 7.94. The lowest BCUT2D eigenvalue weighted by Gasteiger charge is -2.22. The van der Waals surface area contributed by atoms with Crippen LogP contribution >= 0.6 is 0 Å². The van der Waals surface area contributed by atoms with Gasteiger partial charge < -0.3 is 24.8 Å². The molecule has 0 bridgehead atoms. The maximum atomic E-state index is 6.04. The van der Waals surface area contributed by atoms with Gasteiger partial charge in [-0.25, -0.2) is 4.99 Å². The first kappa shape index (κ1) is 22.1. The van der Waals surface area contributed by atoms with E-state index in [1.807, 2.05) is 0 Å². The molecule has 3 rings (SSSR count). The molecular formula is C23H37N3O3. The summed E-state index contributed by atoms with van der Waals surface area (Å²) in [7, 11) is 0. The highest BCUT2D eigenvalue weighted by Crippen LogP contribution is 2.28. The van der Waals surface area contributed by atoms with Gasteiger partial charge in [-0.2, -0.15) is 0 Å². The van der Waals surface area contributed by atoms with Crippen LogP contribution in [0.15, 0.2) is 29.3 Å². The minimum atomic E-state index is 0.322. The smallest absolute Gasteiger partial charge is 0.191 e. The third-order valence-corrected chi connectivity index (χ3v) is 5.22. The average molecular weight is 404 g/mol. The molecule has 1 heterocycles. The summed E-state index contributed by atoms with van der Waals surface area (Å²) in [6.45, 7) is 8.49. The third-order valence-electron chi connectivity index (χ3n) is 5.22. The van der Waals surface area contributed by atoms with Crippen molar-refractivity contribution in [2.75, 3.05) is 39.5 Å². The number of benzene rings is 1. The molecule has 1 aromatic rings. The van der Waals surface area contributed by atoms with E-state index in [4.69, 9.17) is 19.2 Å². The highest BCUT2D eigenvalue weighted by atomic mass is 16.5. The summed E-state index contributed by atoms with van der Waals surface area (Å²) in [5.41, 5.74) is 2.40. The van der Waals surface area contributed by atoms with Crippen molar-refractivity contribution in [1.82, 2.24) is 10.6 Å². The van der Waals surface area contributed by atoms with Gasteiger partial charge in [-0.1, -0.05) is 24.3 Å². The fraction of sp³-hybridized carbons (Fsp3) is 0.696. The molecule has 0 amide bonds. The lowest BCUT2D eigenvalue weighted by molar-refractivity contribution is -0.0390. The van der Waals surface area contributed by atoms with Crippen LogP contribution in [0.1, 0.15) is 50.2 Å². The maximum absolute atomic E-state index is 6.04. The van der Waals surface area contributed by atoms with Crippen molar-refractivity contribution in [2.24, 2.45) is 10.9 Å². The fourth-order valence-electron chi connectivity index (χ4n) is 3.30. The molecule has 2 N–H and O–H groups in total. The fourth-order valence-corrected chi connectivity index (χ4v) is 3.30. The first-order valence-electron chi connectivity index (χ1n) is 11.2. The van der Waals surface area contributed by atoms with Crippen LogP contribution in [-0.4, -0.2) is 51.6 Å². The molecule has 6 nitrogen and oxygen atoms in total. The van der Waals surface area contributed by atoms with Crippen LogP contribution in [0, 0.1) is 5.92 Å². The van der Waals surface area contributed by atoms with E-state index in [2.05, 4.69) is 41.8 Å². The highest BCUT2D eigenvalue weighted by Gasteiger charge is 2.20. The summed E-state index contributed by atoms with van der Waals surface area (Å²) in [4.78, 5) is 4.73. The van der Waals surface area contributed by atoms with Crippen LogP contribution in [-0.2, 0) is 27.4 Å². The van der Waals surface area contributed by atoms with E-state index in [0.717, 1.165) is 70.7 Å². The molecule has 162 valence electrons. The summed E-state index contributed by atoms with van der Waals surface area (Å²) in [6.07, 6.45) is 6.00. The number of hydrogen-bond donors (Lipinski definition) is 2. The summed E-state index contributed by atoms with van der Waals surface area (Å²) in [6, 6.07) is 8.53. The zero-order valence-electron chi connectivity index (χ0n) is 17.8. The van der Waals surface area contributed by atoms with E-state index in [1.54, 1.807) is 0 Å². The lowest BCUT2D eigenvalue weighted by atomic mass is 10.1. The first-order chi connectivity index (χ1) is 14.3. The zero-order chi connectivity index (χ0) is 20.2. The van der Waals surface area contributed by atoms with E-state index in [9.17, 15) is 0 Å². The lowest BCUT2D eigenvalue weighted by Crippen LogP contribution is -2.38. The van der Waals surface area contributed by atoms with Gasteiger partial charge in [0.15, 0.2) is 5.96 Å². The highest BCUT2D eigenvalue weighted by molar-refractivity contribution is 5.79. The molecule has 1 aromatic carbocycles. The van der Waals surface area contributed by atoms with Gasteiger partial charge in [-0.15, -0.1) is 0 Å². The van der Waals surface area contributed by atoms with E-state index < -0.39 is 0 Å². The normalized spacial score (nSPS) is 18.0. The second-order valence-electron chi connectivity index (χ2n) is 7.94. The van der Waals surface area contributed by atoms with E-state index >= 15 is 0 Å². The van der Waals surface area contributed by atoms with Crippen molar-refractivity contribution in [3.63, 3.8) is 0 Å². The van der Waals surface area contributed by atoms with Gasteiger partial charge in [0.1, 0.15) is 0 Å². The molecule has 1 saturated heterocycles. The Morgan fingerprint density at radius 1 is 1.14 bits per heavy atom. The van der Waals surface area contributed by atoms with E-state index in [-0.39, 0.29) is 0 Å². The molecule has 0 atom stereocenters. The molecule has 0 aromatic heterocycles. The van der Waals surface area contributed by atoms with Crippen molar-refractivity contribution < 1.29 is 14.2 Å². The van der Waals surface area contributed by atoms with Crippen molar-refractivity contribution in [2.45, 2.75) is 58.3 Å². The van der Waals surface area contributed by atoms with E-state index in [1.165, 1.54) is 24.0 Å². The van der Waals surface area contributed by atoms with Crippen molar-refractivity contribution >= 4 is 5.96 Å². The standard InChI is InChI=1S/C23H37N3O3/c1-2-24-23(25-11-4-12-28-17-19-7-8-19)26-16-20-5-3-6-21(15-20)18-29-22-9-13-27-14-10-22/h3,5-6,15,19,22H,2,4,7-14,16-18H2,1H3,(H2,24,25,26). The Labute approximate surface area is 175 Å². The number of rotatable bonds is 12. The topological polar surface area (TPSA) is 64.1 Å². The quantitative estimate of drug-likeness (QED) is 0.319. The summed E-state index contributed by atoms with van der Waals surface area (Å²) in [5, 5.41) is 6.72. The average Bonchev–Trinajstić information content (AvgIpc) is 3.58. The Kier molecular flexibility index (Phi) is 9.76. The molecule has 29 heavy (non-hydrogen) atoms. The molecule has 2 aliphatic rings. The molecule has 0 unspecified atom stereocenters. The molecule has 0 radical (unpaired) electrons. The van der Waals surface area contributed by atoms with Crippen LogP contribution in [0.3, 0.4) is 0 Å². The number of nitrogens with zero attached hydrogens (tertiary/aromatic N) is 1. The first-order valence-corrected chi connectivity index (χ1v) is 11.2. The Hall–Kier alpha value is -1.63. The Bertz CT molecular complexity index is 613. The van der Waals surface area contributed by atoms with Gasteiger partial charge in [0.05, 0.1) is 19.3 Å². The zero-order valence-corrected chi connectivity index (χ0v) is 17.8. The van der Waals surface area contributed by atoms with E-state index in [0.29, 0.717) is 19.3 Å². The molecule has 1 saturated carbocycles. The molecule has 1 aliphatic carbocycles. The molecular weight excluding hydrogens is 366 g/mol. The van der Waals surface area contributed by atoms with Gasteiger partial charge in [0.2, 0.25) is 0 Å². The third kappa shape index (κ3) is 9.15. The molecule has 2 fully saturated rings. The number of nitrogens with one attached hydrogen (secondary N) is 2. The van der Waals surface area contributed by atoms with Crippen LogP contribution < -0.4 is 10.6 Å². The summed E-state index contributed by atoms with van der Waals surface area (Å²) in [5.74, 6) is 1.69. The minimum absolute atomic E-state index is 0.322. The Morgan fingerprint density at radius 2 is 1.97 bits per heavy atom. The Balaban J connectivity index is 1.38. The minimum Gasteiger partial charge on any atom is -0.381 e. The number of hydrogen-bond acceptors (Lipinski definition) is 4. The maximum Gasteiger partial charge on any atom is 0.191 e. The van der Waals surface area contributed by atoms with Gasteiger partial charge in [0.25, 0.3) is 0 Å². The van der Waals surface area contributed by atoms with Crippen molar-refractivity contribution in [3.05, 3.63) is 35.4 Å². The van der Waals surface area contributed by atoms with Crippen molar-refractivity contribution in [1.29, 1.82) is 0 Å². The summed E-state index contributed by atoms with van der Waals surface area (Å²) >= 11 is 0. The number of guanidine groups is 1. The molecule has 0 spiro atoms. The summed E-state index contributed by atoms with van der Waals surface area (Å²) < 4.78 is 17.1. The number of aliphatic imine (C=N–C) groups is 1.